The van der Waals surface area contributed by atoms with E-state index in [2.05, 4.69) is 0 Å². The maximum atomic E-state index is 9.04. The van der Waals surface area contributed by atoms with E-state index >= 15 is 0 Å². The van der Waals surface area contributed by atoms with Crippen LogP contribution in [0.4, 0.5) is 0 Å². The Balaban J connectivity index is 2.39. The highest BCUT2D eigenvalue weighted by molar-refractivity contribution is 4.75. The van der Waals surface area contributed by atoms with Crippen LogP contribution in [0.3, 0.4) is 0 Å². The third-order valence-corrected chi connectivity index (χ3v) is 1.56. The summed E-state index contributed by atoms with van der Waals surface area (Å²) in [4.78, 5) is 0. The first kappa shape index (κ1) is 6.05. The fourth-order valence-corrected chi connectivity index (χ4v) is 1.04. The van der Waals surface area contributed by atoms with Gasteiger partial charge in [0.15, 0.2) is 0 Å². The second kappa shape index (κ2) is 2.03. The maximum absolute atomic E-state index is 9.04. The van der Waals surface area contributed by atoms with E-state index in [1.807, 2.05) is 13.8 Å². The lowest BCUT2D eigenvalue weighted by Gasteiger charge is -2.04. The van der Waals surface area contributed by atoms with Crippen molar-refractivity contribution in [3.63, 3.8) is 0 Å². The Bertz CT molecular complexity index is 72.6. The summed E-state index contributed by atoms with van der Waals surface area (Å²) in [7, 11) is 0. The molecule has 0 amide bonds. The van der Waals surface area contributed by atoms with Gasteiger partial charge in [-0.2, -0.15) is 0 Å². The van der Waals surface area contributed by atoms with Crippen molar-refractivity contribution in [3.8, 4) is 0 Å². The topological polar surface area (TPSA) is 29.5 Å². The quantitative estimate of drug-likeness (QED) is 0.500. The summed E-state index contributed by atoms with van der Waals surface area (Å²) >= 11 is 0. The van der Waals surface area contributed by atoms with Gasteiger partial charge in [-0.3, -0.25) is 0 Å². The maximum Gasteiger partial charge on any atom is 0.0823 e. The molecule has 3 atom stereocenters. The van der Waals surface area contributed by atoms with Crippen molar-refractivity contribution in [2.75, 3.05) is 0 Å². The van der Waals surface area contributed by atoms with Gasteiger partial charge in [0.05, 0.1) is 18.3 Å². The van der Waals surface area contributed by atoms with Crippen molar-refractivity contribution in [2.24, 2.45) is 0 Å². The molecule has 2 nitrogen and oxygen atoms in total. The third kappa shape index (κ3) is 1.01. The van der Waals surface area contributed by atoms with E-state index in [1.54, 1.807) is 0 Å². The highest BCUT2D eigenvalue weighted by Gasteiger charge is 2.26. The van der Waals surface area contributed by atoms with Crippen LogP contribution in [0.5, 0.6) is 0 Å². The molecule has 2 unspecified atom stereocenters. The molecule has 0 bridgehead atoms. The summed E-state index contributed by atoms with van der Waals surface area (Å²) in [6, 6.07) is 0. The molecule has 1 N–H and O–H groups in total. The van der Waals surface area contributed by atoms with E-state index in [0.717, 1.165) is 6.42 Å². The van der Waals surface area contributed by atoms with Crippen LogP contribution < -0.4 is 0 Å². The van der Waals surface area contributed by atoms with Crippen LogP contribution in [0.15, 0.2) is 0 Å². The van der Waals surface area contributed by atoms with E-state index in [9.17, 15) is 0 Å². The highest BCUT2D eigenvalue weighted by Crippen LogP contribution is 2.18. The summed E-state index contributed by atoms with van der Waals surface area (Å²) in [6.45, 7) is 3.88. The number of aliphatic hydroxyl groups excluding tert-OH is 1. The normalized spacial score (nSPS) is 47.6. The van der Waals surface area contributed by atoms with Crippen LogP contribution in [-0.2, 0) is 4.74 Å². The van der Waals surface area contributed by atoms with Gasteiger partial charge in [0.25, 0.3) is 0 Å². The number of ether oxygens (including phenoxy) is 1. The molecule has 2 heteroatoms. The summed E-state index contributed by atoms with van der Waals surface area (Å²) in [5, 5.41) is 9.04. The minimum absolute atomic E-state index is 0.0463. The minimum atomic E-state index is -0.231. The molecule has 0 aromatic carbocycles. The van der Waals surface area contributed by atoms with Gasteiger partial charge < -0.3 is 9.84 Å². The van der Waals surface area contributed by atoms with Crippen LogP contribution in [-0.4, -0.2) is 23.4 Å². The first-order chi connectivity index (χ1) is 3.70. The number of hydrogen-bond acceptors (Lipinski definition) is 2. The lowest BCUT2D eigenvalue weighted by molar-refractivity contribution is 0.0287. The van der Waals surface area contributed by atoms with Crippen LogP contribution >= 0.6 is 0 Å². The predicted octanol–water partition coefficient (Wildman–Crippen LogP) is 0.545. The first-order valence-electron chi connectivity index (χ1n) is 3.03. The molecule has 8 heavy (non-hydrogen) atoms. The Morgan fingerprint density at radius 2 is 2.12 bits per heavy atom. The summed E-state index contributed by atoms with van der Waals surface area (Å²) in [6.07, 6.45) is 0.858. The molecular weight excluding hydrogens is 104 g/mol. The van der Waals surface area contributed by atoms with Gasteiger partial charge in [0.1, 0.15) is 0 Å². The number of hydrogen-bond donors (Lipinski definition) is 1. The van der Waals surface area contributed by atoms with Gasteiger partial charge in [-0.05, 0) is 13.8 Å². The summed E-state index contributed by atoms with van der Waals surface area (Å²) in [5.41, 5.74) is 0. The molecule has 0 spiro atoms. The zero-order valence-corrected chi connectivity index (χ0v) is 5.29. The monoisotopic (exact) mass is 116 g/mol. The van der Waals surface area contributed by atoms with E-state index in [0.29, 0.717) is 0 Å². The van der Waals surface area contributed by atoms with Crippen molar-refractivity contribution in [3.05, 3.63) is 0 Å². The Hall–Kier alpha value is -0.0800. The molecule has 0 aromatic rings. The predicted molar refractivity (Wildman–Crippen MR) is 30.6 cm³/mol. The Kier molecular flexibility index (Phi) is 1.54. The zero-order chi connectivity index (χ0) is 6.15. The molecular formula is C6H12O2. The molecule has 1 rings (SSSR count). The fraction of sp³-hybridized carbons (Fsp3) is 1.00. The fourth-order valence-electron chi connectivity index (χ4n) is 1.04. The largest absolute Gasteiger partial charge is 0.390 e. The average Bonchev–Trinajstić information content (AvgIpc) is 1.85. The van der Waals surface area contributed by atoms with Crippen molar-refractivity contribution in [1.29, 1.82) is 0 Å². The van der Waals surface area contributed by atoms with E-state index in [-0.39, 0.29) is 18.3 Å². The second-order valence-corrected chi connectivity index (χ2v) is 2.45. The Morgan fingerprint density at radius 1 is 1.50 bits per heavy atom. The summed E-state index contributed by atoms with van der Waals surface area (Å²) < 4.78 is 5.22. The molecule has 0 saturated carbocycles. The van der Waals surface area contributed by atoms with Crippen LogP contribution in [0, 0.1) is 0 Å². The molecule has 1 heterocycles. The smallest absolute Gasteiger partial charge is 0.0823 e. The highest BCUT2D eigenvalue weighted by atomic mass is 16.5. The number of rotatable bonds is 0. The van der Waals surface area contributed by atoms with Gasteiger partial charge in [-0.1, -0.05) is 0 Å². The minimum Gasteiger partial charge on any atom is -0.390 e. The zero-order valence-electron chi connectivity index (χ0n) is 5.29. The third-order valence-electron chi connectivity index (χ3n) is 1.56. The molecule has 0 radical (unpaired) electrons. The number of aliphatic hydroxyl groups is 1. The Morgan fingerprint density at radius 3 is 2.25 bits per heavy atom. The Labute approximate surface area is 49.5 Å². The molecule has 1 fully saturated rings. The second-order valence-electron chi connectivity index (χ2n) is 2.45. The molecule has 0 aromatic heterocycles. The van der Waals surface area contributed by atoms with Gasteiger partial charge in [-0.25, -0.2) is 0 Å². The van der Waals surface area contributed by atoms with Gasteiger partial charge in [-0.15, -0.1) is 0 Å². The van der Waals surface area contributed by atoms with Crippen LogP contribution in [0.1, 0.15) is 20.3 Å². The molecule has 1 aliphatic rings. The van der Waals surface area contributed by atoms with Crippen LogP contribution in [0.25, 0.3) is 0 Å². The first-order valence-corrected chi connectivity index (χ1v) is 3.03. The van der Waals surface area contributed by atoms with Gasteiger partial charge >= 0.3 is 0 Å². The van der Waals surface area contributed by atoms with Crippen molar-refractivity contribution < 1.29 is 9.84 Å². The molecule has 1 saturated heterocycles. The SMILES string of the molecule is CC1CC(O)[C@H](C)O1. The van der Waals surface area contributed by atoms with Gasteiger partial charge in [0, 0.05) is 6.42 Å². The van der Waals surface area contributed by atoms with Crippen molar-refractivity contribution in [2.45, 2.75) is 38.6 Å². The van der Waals surface area contributed by atoms with Crippen molar-refractivity contribution >= 4 is 0 Å². The molecule has 0 aliphatic carbocycles. The standard InChI is InChI=1S/C6H12O2/c1-4-3-6(7)5(2)8-4/h4-7H,3H2,1-2H3/t4?,5-,6?/m0/s1. The summed E-state index contributed by atoms with van der Waals surface area (Å²) in [5.74, 6) is 0. The average molecular weight is 116 g/mol. The molecule has 1 aliphatic heterocycles. The molecule has 48 valence electrons. The lowest BCUT2D eigenvalue weighted by atomic mass is 10.2. The van der Waals surface area contributed by atoms with Crippen molar-refractivity contribution in [1.82, 2.24) is 0 Å². The van der Waals surface area contributed by atoms with E-state index in [1.165, 1.54) is 0 Å². The van der Waals surface area contributed by atoms with E-state index < -0.39 is 0 Å². The van der Waals surface area contributed by atoms with Gasteiger partial charge in [0.2, 0.25) is 0 Å². The lowest BCUT2D eigenvalue weighted by Crippen LogP contribution is -2.15. The van der Waals surface area contributed by atoms with Crippen LogP contribution in [0.2, 0.25) is 0 Å². The van der Waals surface area contributed by atoms with E-state index in [4.69, 9.17) is 9.84 Å².